The molecular formula is C17H28N2. The molecule has 1 aromatic carbocycles. The van der Waals surface area contributed by atoms with Crippen molar-refractivity contribution in [2.45, 2.75) is 45.7 Å². The van der Waals surface area contributed by atoms with E-state index in [1.165, 1.54) is 36.9 Å². The smallest absolute Gasteiger partial charge is 0.0231 e. The van der Waals surface area contributed by atoms with Gasteiger partial charge in [-0.3, -0.25) is 0 Å². The van der Waals surface area contributed by atoms with Gasteiger partial charge in [0.2, 0.25) is 0 Å². The normalized spacial score (nSPS) is 16.8. The van der Waals surface area contributed by atoms with Crippen LogP contribution >= 0.6 is 0 Å². The molecule has 1 saturated carbocycles. The lowest BCUT2D eigenvalue weighted by Gasteiger charge is -2.25. The largest absolute Gasteiger partial charge is 0.312 e. The molecule has 2 heteroatoms. The number of aryl methyl sites for hydroxylation is 1. The van der Waals surface area contributed by atoms with Gasteiger partial charge in [0.15, 0.2) is 0 Å². The summed E-state index contributed by atoms with van der Waals surface area (Å²) in [4.78, 5) is 2.46. The van der Waals surface area contributed by atoms with E-state index in [0.717, 1.165) is 19.0 Å². The predicted molar refractivity (Wildman–Crippen MR) is 82.3 cm³/mol. The highest BCUT2D eigenvalue weighted by Gasteiger charge is 2.31. The highest BCUT2D eigenvalue weighted by Crippen LogP contribution is 2.33. The summed E-state index contributed by atoms with van der Waals surface area (Å²) in [7, 11) is 2.24. The maximum Gasteiger partial charge on any atom is 0.0231 e. The first-order valence-corrected chi connectivity index (χ1v) is 7.66. The topological polar surface area (TPSA) is 15.3 Å². The van der Waals surface area contributed by atoms with Gasteiger partial charge in [0.1, 0.15) is 0 Å². The van der Waals surface area contributed by atoms with Gasteiger partial charge in [0, 0.05) is 19.1 Å². The van der Waals surface area contributed by atoms with Gasteiger partial charge in [0.25, 0.3) is 0 Å². The number of nitrogens with one attached hydrogen (secondary N) is 1. The van der Waals surface area contributed by atoms with Gasteiger partial charge in [0.05, 0.1) is 0 Å². The molecule has 2 nitrogen and oxygen atoms in total. The molecule has 1 aliphatic carbocycles. The van der Waals surface area contributed by atoms with Crippen LogP contribution in [-0.4, -0.2) is 31.1 Å². The van der Waals surface area contributed by atoms with E-state index in [2.05, 4.69) is 55.4 Å². The van der Waals surface area contributed by atoms with Crippen molar-refractivity contribution in [2.24, 2.45) is 5.92 Å². The molecule has 0 radical (unpaired) electrons. The standard InChI is InChI=1S/C17H28N2/c1-4-10-18-17(16-8-9-16)13-19(3)12-15-7-5-6-14(2)11-15/h5-7,11,16-18H,4,8-10,12-13H2,1-3H3. The second-order valence-corrected chi connectivity index (χ2v) is 6.08. The fourth-order valence-corrected chi connectivity index (χ4v) is 2.73. The Bertz CT molecular complexity index is 385. The summed E-state index contributed by atoms with van der Waals surface area (Å²) in [6.45, 7) is 7.78. The van der Waals surface area contributed by atoms with Gasteiger partial charge >= 0.3 is 0 Å². The molecule has 1 N–H and O–H groups in total. The summed E-state index contributed by atoms with van der Waals surface area (Å²) in [5.74, 6) is 0.923. The second kappa shape index (κ2) is 7.06. The van der Waals surface area contributed by atoms with Crippen LogP contribution in [0.4, 0.5) is 0 Å². The van der Waals surface area contributed by atoms with Crippen LogP contribution < -0.4 is 5.32 Å². The summed E-state index contributed by atoms with van der Waals surface area (Å²) in [6.07, 6.45) is 4.06. The molecular weight excluding hydrogens is 232 g/mol. The Kier molecular flexibility index (Phi) is 5.41. The van der Waals surface area contributed by atoms with Crippen LogP contribution in [0.15, 0.2) is 24.3 Å². The monoisotopic (exact) mass is 260 g/mol. The second-order valence-electron chi connectivity index (χ2n) is 6.08. The van der Waals surface area contributed by atoms with Crippen LogP contribution in [0.5, 0.6) is 0 Å². The van der Waals surface area contributed by atoms with Gasteiger partial charge in [-0.2, -0.15) is 0 Å². The third kappa shape index (κ3) is 4.96. The Balaban J connectivity index is 1.83. The molecule has 1 unspecified atom stereocenters. The number of hydrogen-bond acceptors (Lipinski definition) is 2. The van der Waals surface area contributed by atoms with Gasteiger partial charge in [-0.25, -0.2) is 0 Å². The lowest BCUT2D eigenvalue weighted by molar-refractivity contribution is 0.267. The lowest BCUT2D eigenvalue weighted by Crippen LogP contribution is -2.41. The van der Waals surface area contributed by atoms with Crippen LogP contribution in [0.3, 0.4) is 0 Å². The maximum absolute atomic E-state index is 3.72. The van der Waals surface area contributed by atoms with Gasteiger partial charge in [-0.15, -0.1) is 0 Å². The van der Waals surface area contributed by atoms with Crippen molar-refractivity contribution in [3.8, 4) is 0 Å². The molecule has 0 aromatic heterocycles. The van der Waals surface area contributed by atoms with E-state index < -0.39 is 0 Å². The van der Waals surface area contributed by atoms with Crippen molar-refractivity contribution >= 4 is 0 Å². The SMILES string of the molecule is CCCNC(CN(C)Cc1cccc(C)c1)C1CC1. The Morgan fingerprint density at radius 3 is 2.79 bits per heavy atom. The summed E-state index contributed by atoms with van der Waals surface area (Å²) in [5.41, 5.74) is 2.78. The highest BCUT2D eigenvalue weighted by molar-refractivity contribution is 5.22. The fourth-order valence-electron chi connectivity index (χ4n) is 2.73. The molecule has 1 aliphatic rings. The van der Waals surface area contributed by atoms with Crippen molar-refractivity contribution in [3.05, 3.63) is 35.4 Å². The average Bonchev–Trinajstić information content (AvgIpc) is 3.18. The van der Waals surface area contributed by atoms with Crippen LogP contribution in [0.1, 0.15) is 37.3 Å². The Labute approximate surface area is 118 Å². The Hall–Kier alpha value is -0.860. The molecule has 1 aromatic rings. The minimum atomic E-state index is 0.690. The van der Waals surface area contributed by atoms with Crippen LogP contribution in [0, 0.1) is 12.8 Å². The van der Waals surface area contributed by atoms with E-state index in [-0.39, 0.29) is 0 Å². The number of rotatable bonds is 8. The number of likely N-dealkylation sites (N-methyl/N-ethyl adjacent to an activating group) is 1. The van der Waals surface area contributed by atoms with Crippen LogP contribution in [0.2, 0.25) is 0 Å². The first-order chi connectivity index (χ1) is 9.19. The minimum Gasteiger partial charge on any atom is -0.312 e. The zero-order valence-corrected chi connectivity index (χ0v) is 12.7. The van der Waals surface area contributed by atoms with E-state index >= 15 is 0 Å². The van der Waals surface area contributed by atoms with E-state index in [4.69, 9.17) is 0 Å². The molecule has 19 heavy (non-hydrogen) atoms. The lowest BCUT2D eigenvalue weighted by atomic mass is 10.1. The summed E-state index contributed by atoms with van der Waals surface area (Å²) < 4.78 is 0. The zero-order chi connectivity index (χ0) is 13.7. The minimum absolute atomic E-state index is 0.690. The van der Waals surface area contributed by atoms with Crippen molar-refractivity contribution in [1.82, 2.24) is 10.2 Å². The Morgan fingerprint density at radius 2 is 2.16 bits per heavy atom. The van der Waals surface area contributed by atoms with Crippen LogP contribution in [-0.2, 0) is 6.54 Å². The Morgan fingerprint density at radius 1 is 1.37 bits per heavy atom. The first kappa shape index (κ1) is 14.5. The molecule has 0 aliphatic heterocycles. The van der Waals surface area contributed by atoms with Crippen molar-refractivity contribution in [3.63, 3.8) is 0 Å². The molecule has 2 rings (SSSR count). The highest BCUT2D eigenvalue weighted by atomic mass is 15.1. The van der Waals surface area contributed by atoms with E-state index in [0.29, 0.717) is 6.04 Å². The van der Waals surface area contributed by atoms with Crippen molar-refractivity contribution in [2.75, 3.05) is 20.1 Å². The van der Waals surface area contributed by atoms with Gasteiger partial charge in [-0.05, 0) is 51.3 Å². The maximum atomic E-state index is 3.72. The first-order valence-electron chi connectivity index (χ1n) is 7.66. The fraction of sp³-hybridized carbons (Fsp3) is 0.647. The van der Waals surface area contributed by atoms with Gasteiger partial charge in [-0.1, -0.05) is 36.8 Å². The number of nitrogens with zero attached hydrogens (tertiary/aromatic N) is 1. The van der Waals surface area contributed by atoms with Gasteiger partial charge < -0.3 is 10.2 Å². The van der Waals surface area contributed by atoms with E-state index in [1.54, 1.807) is 0 Å². The molecule has 0 saturated heterocycles. The molecule has 0 heterocycles. The van der Waals surface area contributed by atoms with Crippen molar-refractivity contribution < 1.29 is 0 Å². The van der Waals surface area contributed by atoms with Crippen molar-refractivity contribution in [1.29, 1.82) is 0 Å². The third-order valence-corrected chi connectivity index (χ3v) is 3.89. The molecule has 0 amide bonds. The summed E-state index contributed by atoms with van der Waals surface area (Å²) >= 11 is 0. The number of hydrogen-bond donors (Lipinski definition) is 1. The molecule has 1 atom stereocenters. The molecule has 0 bridgehead atoms. The average molecular weight is 260 g/mol. The molecule has 0 spiro atoms. The molecule has 1 fully saturated rings. The van der Waals surface area contributed by atoms with E-state index in [9.17, 15) is 0 Å². The third-order valence-electron chi connectivity index (χ3n) is 3.89. The van der Waals surface area contributed by atoms with Crippen LogP contribution in [0.25, 0.3) is 0 Å². The molecule has 106 valence electrons. The predicted octanol–water partition coefficient (Wildman–Crippen LogP) is 3.21. The summed E-state index contributed by atoms with van der Waals surface area (Å²) in [5, 5.41) is 3.72. The zero-order valence-electron chi connectivity index (χ0n) is 12.7. The quantitative estimate of drug-likeness (QED) is 0.772. The summed E-state index contributed by atoms with van der Waals surface area (Å²) in [6, 6.07) is 9.54. The number of benzene rings is 1. The van der Waals surface area contributed by atoms with E-state index in [1.807, 2.05) is 0 Å².